The van der Waals surface area contributed by atoms with Gasteiger partial charge < -0.3 is 25.3 Å². The molecule has 7 nitrogen and oxygen atoms in total. The van der Waals surface area contributed by atoms with Crippen LogP contribution in [0.1, 0.15) is 303 Å². The SMILES string of the molecule is CCCCCCCCCCCCCCCCC(CCCCCCCCCCCCCCC)(CCCCCCCCCCCCCCCC)OP(=O)(O)O.OCCNCCO. The van der Waals surface area contributed by atoms with Gasteiger partial charge in [0.1, 0.15) is 0 Å². The molecule has 0 aromatic rings. The Bertz CT molecular complexity index is 790. The Morgan fingerprint density at radius 1 is 0.350 bits per heavy atom. The van der Waals surface area contributed by atoms with Gasteiger partial charge >= 0.3 is 7.82 Å². The van der Waals surface area contributed by atoms with Crippen LogP contribution in [0.2, 0.25) is 0 Å². The van der Waals surface area contributed by atoms with Gasteiger partial charge in [0.05, 0.1) is 18.8 Å². The van der Waals surface area contributed by atoms with Crippen molar-refractivity contribution in [3.8, 4) is 0 Å². The molecule has 0 aliphatic rings. The van der Waals surface area contributed by atoms with Crippen molar-refractivity contribution in [3.63, 3.8) is 0 Å². The third-order valence-corrected chi connectivity index (χ3v) is 13.2. The van der Waals surface area contributed by atoms with E-state index >= 15 is 0 Å². The van der Waals surface area contributed by atoms with E-state index in [2.05, 4.69) is 26.1 Å². The number of hydrogen-bond donors (Lipinski definition) is 5. The molecule has 0 spiro atoms. The molecule has 0 bridgehead atoms. The minimum Gasteiger partial charge on any atom is -0.395 e. The molecule has 0 aliphatic heterocycles. The number of rotatable bonds is 50. The Kier molecular flexibility index (Phi) is 53.4. The minimum atomic E-state index is -4.55. The summed E-state index contributed by atoms with van der Waals surface area (Å²) < 4.78 is 18.2. The van der Waals surface area contributed by atoms with Crippen LogP contribution in [0.3, 0.4) is 0 Å². The monoisotopic (exact) mass is 876 g/mol. The van der Waals surface area contributed by atoms with Gasteiger partial charge in [-0.15, -0.1) is 0 Å². The second-order valence-electron chi connectivity index (χ2n) is 18.6. The molecule has 0 aromatic heterocycles. The molecule has 0 unspecified atom stereocenters. The molecule has 0 atom stereocenters. The number of aliphatic hydroxyl groups excluding tert-OH is 2. The normalized spacial score (nSPS) is 12.0. The highest BCUT2D eigenvalue weighted by molar-refractivity contribution is 7.46. The van der Waals surface area contributed by atoms with Gasteiger partial charge in [-0.1, -0.05) is 284 Å². The molecule has 364 valence electrons. The minimum absolute atomic E-state index is 0.139. The zero-order chi connectivity index (χ0) is 44.4. The molecule has 0 radical (unpaired) electrons. The van der Waals surface area contributed by atoms with E-state index < -0.39 is 13.4 Å². The standard InChI is InChI=1S/C48H99O4P.C4H11NO2/c1-4-7-10-13-16-19-22-25-28-31-34-37-40-43-46-48(52-53(49,50)51,45-42-39-36-33-30-27-24-21-18-15-12-9-6-3)47-44-41-38-35-32-29-26-23-20-17-14-11-8-5-2;6-3-1-5-2-4-7/h4-47H2,1-3H3,(H2,49,50,51);5-7H,1-4H2. The second-order valence-corrected chi connectivity index (χ2v) is 19.8. The van der Waals surface area contributed by atoms with E-state index in [-0.39, 0.29) is 13.2 Å². The Morgan fingerprint density at radius 3 is 0.700 bits per heavy atom. The molecule has 5 N–H and O–H groups in total. The summed E-state index contributed by atoms with van der Waals surface area (Å²) in [4.78, 5) is 20.2. The average molecular weight is 876 g/mol. The van der Waals surface area contributed by atoms with E-state index in [0.717, 1.165) is 57.8 Å². The van der Waals surface area contributed by atoms with Crippen LogP contribution in [-0.2, 0) is 9.09 Å². The maximum Gasteiger partial charge on any atom is 0.470 e. The smallest absolute Gasteiger partial charge is 0.395 e. The van der Waals surface area contributed by atoms with Crippen molar-refractivity contribution >= 4 is 7.82 Å². The van der Waals surface area contributed by atoms with Gasteiger partial charge in [0.25, 0.3) is 0 Å². The zero-order valence-corrected chi connectivity index (χ0v) is 41.9. The molecule has 0 amide bonds. The second kappa shape index (κ2) is 51.6. The number of phosphoric acid groups is 1. The van der Waals surface area contributed by atoms with Crippen molar-refractivity contribution in [2.75, 3.05) is 26.3 Å². The number of nitrogens with one attached hydrogen (secondary N) is 1. The number of aliphatic hydroxyl groups is 2. The molecule has 0 saturated heterocycles. The van der Waals surface area contributed by atoms with Crippen molar-refractivity contribution in [1.29, 1.82) is 0 Å². The summed E-state index contributed by atoms with van der Waals surface area (Å²) in [5.41, 5.74) is -0.662. The van der Waals surface area contributed by atoms with E-state index in [4.69, 9.17) is 14.7 Å². The molecule has 0 heterocycles. The van der Waals surface area contributed by atoms with Crippen LogP contribution in [0, 0.1) is 0 Å². The lowest BCUT2D eigenvalue weighted by Gasteiger charge is -2.34. The molecule has 0 saturated carbocycles. The maximum atomic E-state index is 12.3. The first kappa shape index (κ1) is 62.1. The molecule has 8 heteroatoms. The first-order valence-electron chi connectivity index (χ1n) is 27.0. The average Bonchev–Trinajstić information content (AvgIpc) is 3.22. The van der Waals surface area contributed by atoms with Crippen LogP contribution < -0.4 is 5.32 Å². The fourth-order valence-corrected chi connectivity index (χ4v) is 9.57. The maximum absolute atomic E-state index is 12.3. The molecule has 0 aromatic carbocycles. The van der Waals surface area contributed by atoms with Gasteiger partial charge in [0.15, 0.2) is 0 Å². The Hall–Kier alpha value is -0.0100. The van der Waals surface area contributed by atoms with Gasteiger partial charge in [-0.25, -0.2) is 4.57 Å². The predicted octanol–water partition coefficient (Wildman–Crippen LogP) is 16.6. The Balaban J connectivity index is 0. The quantitative estimate of drug-likeness (QED) is 0.0305. The zero-order valence-electron chi connectivity index (χ0n) is 41.0. The fraction of sp³-hybridized carbons (Fsp3) is 1.00. The largest absolute Gasteiger partial charge is 0.470 e. The van der Waals surface area contributed by atoms with Crippen molar-refractivity contribution in [2.45, 2.75) is 309 Å². The number of unbranched alkanes of at least 4 members (excludes halogenated alkanes) is 38. The number of phosphoric ester groups is 1. The van der Waals surface area contributed by atoms with Crippen LogP contribution in [0.4, 0.5) is 0 Å². The molecular weight excluding hydrogens is 766 g/mol. The van der Waals surface area contributed by atoms with Gasteiger partial charge in [-0.05, 0) is 19.3 Å². The van der Waals surface area contributed by atoms with Gasteiger partial charge in [0.2, 0.25) is 0 Å². The van der Waals surface area contributed by atoms with Crippen molar-refractivity contribution in [2.24, 2.45) is 0 Å². The van der Waals surface area contributed by atoms with Gasteiger partial charge in [0, 0.05) is 13.1 Å². The van der Waals surface area contributed by atoms with E-state index in [0.29, 0.717) is 13.1 Å². The van der Waals surface area contributed by atoms with E-state index in [9.17, 15) is 14.4 Å². The summed E-state index contributed by atoms with van der Waals surface area (Å²) in [5.74, 6) is 0. The van der Waals surface area contributed by atoms with Crippen LogP contribution in [0.25, 0.3) is 0 Å². The molecule has 0 fully saturated rings. The summed E-state index contributed by atoms with van der Waals surface area (Å²) in [6.45, 7) is 8.28. The van der Waals surface area contributed by atoms with Gasteiger partial charge in [-0.3, -0.25) is 4.52 Å². The Morgan fingerprint density at radius 2 is 0.533 bits per heavy atom. The summed E-state index contributed by atoms with van der Waals surface area (Å²) in [7, 11) is -4.55. The lowest BCUT2D eigenvalue weighted by atomic mass is 9.85. The summed E-state index contributed by atoms with van der Waals surface area (Å²) in [6, 6.07) is 0. The predicted molar refractivity (Wildman–Crippen MR) is 263 cm³/mol. The summed E-state index contributed by atoms with van der Waals surface area (Å²) in [5, 5.41) is 19.1. The summed E-state index contributed by atoms with van der Waals surface area (Å²) >= 11 is 0. The summed E-state index contributed by atoms with van der Waals surface area (Å²) in [6.07, 6.45) is 56.6. The van der Waals surface area contributed by atoms with Gasteiger partial charge in [-0.2, -0.15) is 0 Å². The van der Waals surface area contributed by atoms with Crippen molar-refractivity contribution in [3.05, 3.63) is 0 Å². The third kappa shape index (κ3) is 52.3. The van der Waals surface area contributed by atoms with Crippen LogP contribution in [0.5, 0.6) is 0 Å². The molecule has 0 rings (SSSR count). The van der Waals surface area contributed by atoms with Crippen LogP contribution in [-0.4, -0.2) is 51.9 Å². The highest BCUT2D eigenvalue weighted by Gasteiger charge is 2.36. The lowest BCUT2D eigenvalue weighted by molar-refractivity contribution is 0.00533. The number of hydrogen-bond acceptors (Lipinski definition) is 5. The molecule has 0 aliphatic carbocycles. The first-order valence-corrected chi connectivity index (χ1v) is 28.5. The van der Waals surface area contributed by atoms with E-state index in [1.165, 1.54) is 225 Å². The van der Waals surface area contributed by atoms with Crippen molar-refractivity contribution < 1.29 is 29.1 Å². The fourth-order valence-electron chi connectivity index (χ4n) is 8.80. The van der Waals surface area contributed by atoms with E-state index in [1.807, 2.05) is 0 Å². The molecule has 60 heavy (non-hydrogen) atoms. The van der Waals surface area contributed by atoms with Crippen molar-refractivity contribution in [1.82, 2.24) is 5.32 Å². The lowest BCUT2D eigenvalue weighted by Crippen LogP contribution is -2.32. The third-order valence-electron chi connectivity index (χ3n) is 12.6. The highest BCUT2D eigenvalue weighted by atomic mass is 31.2. The molecular formula is C52H110NO6P. The Labute approximate surface area is 376 Å². The first-order chi connectivity index (χ1) is 29.3. The van der Waals surface area contributed by atoms with Crippen LogP contribution >= 0.6 is 7.82 Å². The van der Waals surface area contributed by atoms with Crippen LogP contribution in [0.15, 0.2) is 0 Å². The van der Waals surface area contributed by atoms with E-state index in [1.54, 1.807) is 0 Å². The topological polar surface area (TPSA) is 119 Å². The highest BCUT2D eigenvalue weighted by Crippen LogP contribution is 2.47.